The van der Waals surface area contributed by atoms with Crippen LogP contribution in [-0.4, -0.2) is 27.1 Å². The van der Waals surface area contributed by atoms with Crippen molar-refractivity contribution < 1.29 is 4.92 Å². The zero-order chi connectivity index (χ0) is 15.7. The van der Waals surface area contributed by atoms with Crippen molar-refractivity contribution in [1.82, 2.24) is 9.55 Å². The molecule has 0 spiro atoms. The quantitative estimate of drug-likeness (QED) is 0.369. The summed E-state index contributed by atoms with van der Waals surface area (Å²) in [4.78, 5) is 14.5. The van der Waals surface area contributed by atoms with Crippen LogP contribution in [0.5, 0.6) is 0 Å². The van der Waals surface area contributed by atoms with E-state index in [1.165, 1.54) is 25.5 Å². The van der Waals surface area contributed by atoms with Crippen molar-refractivity contribution in [2.75, 3.05) is 6.54 Å². The van der Waals surface area contributed by atoms with E-state index in [9.17, 15) is 10.1 Å². The Hall–Kier alpha value is -1.47. The van der Waals surface area contributed by atoms with Crippen LogP contribution in [0.1, 0.15) is 50.8 Å². The summed E-state index contributed by atoms with van der Waals surface area (Å²) in [5.74, 6) is 0.706. The summed E-state index contributed by atoms with van der Waals surface area (Å²) in [5, 5.41) is 10.9. The average Bonchev–Trinajstić information content (AvgIpc) is 2.81. The zero-order valence-corrected chi connectivity index (χ0v) is 12.8. The number of imidazole rings is 1. The molecule has 4 N–H and O–H groups in total. The molecule has 1 aromatic rings. The smallest absolute Gasteiger partial charge is 0.342 e. The first kappa shape index (κ1) is 17.6. The standard InChI is InChI=1S/C14H27N5O2/c1-12-17-11-14(19(20)21)18(12)10-8-13(16)7-5-3-2-4-6-9-15/h11,13H,2-10,15-16H2,1H3. The molecular formula is C14H27N5O2. The van der Waals surface area contributed by atoms with E-state index in [1.54, 1.807) is 11.5 Å². The fourth-order valence-corrected chi connectivity index (χ4v) is 2.40. The van der Waals surface area contributed by atoms with Crippen molar-refractivity contribution in [3.05, 3.63) is 22.1 Å². The van der Waals surface area contributed by atoms with E-state index in [2.05, 4.69) is 4.98 Å². The summed E-state index contributed by atoms with van der Waals surface area (Å²) in [6.45, 7) is 3.09. The largest absolute Gasteiger partial charge is 0.358 e. The highest BCUT2D eigenvalue weighted by molar-refractivity contribution is 5.18. The molecule has 0 amide bonds. The fraction of sp³-hybridized carbons (Fsp3) is 0.786. The molecule has 0 aliphatic carbocycles. The summed E-state index contributed by atoms with van der Waals surface area (Å²) in [6, 6.07) is 0.0842. The van der Waals surface area contributed by atoms with Crippen LogP contribution in [-0.2, 0) is 6.54 Å². The summed E-state index contributed by atoms with van der Waals surface area (Å²) in [6.07, 6.45) is 8.77. The van der Waals surface area contributed by atoms with Crippen molar-refractivity contribution in [2.45, 2.75) is 64.5 Å². The first-order chi connectivity index (χ1) is 10.1. The minimum Gasteiger partial charge on any atom is -0.358 e. The number of nitrogens with zero attached hydrogens (tertiary/aromatic N) is 3. The van der Waals surface area contributed by atoms with Gasteiger partial charge < -0.3 is 21.6 Å². The third-order valence-electron chi connectivity index (χ3n) is 3.72. The van der Waals surface area contributed by atoms with Crippen molar-refractivity contribution in [3.8, 4) is 0 Å². The first-order valence-corrected chi connectivity index (χ1v) is 7.68. The van der Waals surface area contributed by atoms with E-state index in [0.29, 0.717) is 12.4 Å². The van der Waals surface area contributed by atoms with Gasteiger partial charge in [0.05, 0.1) is 6.54 Å². The molecule has 0 saturated heterocycles. The number of hydrogen-bond acceptors (Lipinski definition) is 5. The van der Waals surface area contributed by atoms with Crippen LogP contribution in [0.2, 0.25) is 0 Å². The van der Waals surface area contributed by atoms with Crippen LogP contribution in [0.4, 0.5) is 5.82 Å². The molecule has 21 heavy (non-hydrogen) atoms. The van der Waals surface area contributed by atoms with Gasteiger partial charge >= 0.3 is 5.82 Å². The number of nitro groups is 1. The molecule has 0 bridgehead atoms. The van der Waals surface area contributed by atoms with Crippen LogP contribution >= 0.6 is 0 Å². The highest BCUT2D eigenvalue weighted by atomic mass is 16.6. The molecule has 1 unspecified atom stereocenters. The van der Waals surface area contributed by atoms with Crippen LogP contribution < -0.4 is 11.5 Å². The second-order valence-corrected chi connectivity index (χ2v) is 5.47. The van der Waals surface area contributed by atoms with Crippen LogP contribution in [0.3, 0.4) is 0 Å². The Morgan fingerprint density at radius 3 is 2.62 bits per heavy atom. The molecule has 7 heteroatoms. The minimum atomic E-state index is -0.400. The number of aryl methyl sites for hydroxylation is 1. The van der Waals surface area contributed by atoms with Crippen molar-refractivity contribution in [3.63, 3.8) is 0 Å². The van der Waals surface area contributed by atoms with Crippen molar-refractivity contribution in [2.24, 2.45) is 11.5 Å². The summed E-state index contributed by atoms with van der Waals surface area (Å²) < 4.78 is 1.63. The highest BCUT2D eigenvalue weighted by Crippen LogP contribution is 2.15. The maximum Gasteiger partial charge on any atom is 0.342 e. The molecule has 0 saturated carbocycles. The average molecular weight is 297 g/mol. The highest BCUT2D eigenvalue weighted by Gasteiger charge is 2.17. The molecule has 1 atom stereocenters. The van der Waals surface area contributed by atoms with Gasteiger partial charge in [0.15, 0.2) is 5.82 Å². The monoisotopic (exact) mass is 297 g/mol. The molecule has 120 valence electrons. The third kappa shape index (κ3) is 6.22. The molecule has 0 aliphatic heterocycles. The van der Waals surface area contributed by atoms with Crippen LogP contribution in [0.15, 0.2) is 6.20 Å². The van der Waals surface area contributed by atoms with E-state index in [0.717, 1.165) is 32.2 Å². The lowest BCUT2D eigenvalue weighted by Crippen LogP contribution is -2.22. The van der Waals surface area contributed by atoms with Gasteiger partial charge in [0.2, 0.25) is 0 Å². The zero-order valence-electron chi connectivity index (χ0n) is 12.8. The molecule has 7 nitrogen and oxygen atoms in total. The summed E-state index contributed by atoms with van der Waals surface area (Å²) in [7, 11) is 0. The van der Waals surface area contributed by atoms with E-state index >= 15 is 0 Å². The SMILES string of the molecule is Cc1ncc([N+](=O)[O-])n1CCC(N)CCCCCCCN. The lowest BCUT2D eigenvalue weighted by Gasteiger charge is -2.11. The fourth-order valence-electron chi connectivity index (χ4n) is 2.40. The van der Waals surface area contributed by atoms with Crippen molar-refractivity contribution >= 4 is 5.82 Å². The van der Waals surface area contributed by atoms with E-state index in [4.69, 9.17) is 11.5 Å². The van der Waals surface area contributed by atoms with Gasteiger partial charge in [-0.05, 0) is 24.3 Å². The summed E-state index contributed by atoms with van der Waals surface area (Å²) in [5.41, 5.74) is 11.5. The first-order valence-electron chi connectivity index (χ1n) is 7.68. The lowest BCUT2D eigenvalue weighted by atomic mass is 10.0. The molecule has 0 fully saturated rings. The van der Waals surface area contributed by atoms with Gasteiger partial charge in [-0.25, -0.2) is 9.55 Å². The van der Waals surface area contributed by atoms with Crippen LogP contribution in [0, 0.1) is 17.0 Å². The topological polar surface area (TPSA) is 113 Å². The maximum absolute atomic E-state index is 10.9. The molecule has 0 aliphatic rings. The molecule has 0 aromatic carbocycles. The Balaban J connectivity index is 2.25. The Labute approximate surface area is 125 Å². The van der Waals surface area contributed by atoms with Gasteiger partial charge in [0.25, 0.3) is 0 Å². The maximum atomic E-state index is 10.9. The Morgan fingerprint density at radius 2 is 1.95 bits per heavy atom. The Morgan fingerprint density at radius 1 is 1.29 bits per heavy atom. The van der Waals surface area contributed by atoms with Crippen LogP contribution in [0.25, 0.3) is 0 Å². The number of nitrogens with two attached hydrogens (primary N) is 2. The second-order valence-electron chi connectivity index (χ2n) is 5.47. The molecule has 1 heterocycles. The third-order valence-corrected chi connectivity index (χ3v) is 3.72. The number of aromatic nitrogens is 2. The van der Waals surface area contributed by atoms with E-state index < -0.39 is 4.92 Å². The van der Waals surface area contributed by atoms with Gasteiger partial charge in [-0.1, -0.05) is 25.7 Å². The van der Waals surface area contributed by atoms with Crippen molar-refractivity contribution in [1.29, 1.82) is 0 Å². The summed E-state index contributed by atoms with van der Waals surface area (Å²) >= 11 is 0. The second kappa shape index (κ2) is 9.46. The van der Waals surface area contributed by atoms with Gasteiger partial charge in [0, 0.05) is 19.4 Å². The normalized spacial score (nSPS) is 12.5. The Kier molecular flexibility index (Phi) is 7.92. The van der Waals surface area contributed by atoms with Gasteiger partial charge in [-0.15, -0.1) is 0 Å². The van der Waals surface area contributed by atoms with E-state index in [-0.39, 0.29) is 11.9 Å². The molecular weight excluding hydrogens is 270 g/mol. The molecule has 1 rings (SSSR count). The molecule has 0 radical (unpaired) electrons. The number of rotatable bonds is 11. The predicted molar refractivity (Wildman–Crippen MR) is 83.0 cm³/mol. The Bertz CT molecular complexity index is 433. The van der Waals surface area contributed by atoms with Gasteiger partial charge in [-0.2, -0.15) is 0 Å². The molecule has 1 aromatic heterocycles. The van der Waals surface area contributed by atoms with Gasteiger partial charge in [0.1, 0.15) is 6.20 Å². The number of hydrogen-bond donors (Lipinski definition) is 2. The minimum absolute atomic E-state index is 0.0430. The van der Waals surface area contributed by atoms with Gasteiger partial charge in [-0.3, -0.25) is 0 Å². The van der Waals surface area contributed by atoms with E-state index in [1.807, 2.05) is 0 Å². The lowest BCUT2D eigenvalue weighted by molar-refractivity contribution is -0.392. The predicted octanol–water partition coefficient (Wildman–Crippen LogP) is 2.12. The number of unbranched alkanes of at least 4 members (excludes halogenated alkanes) is 4.